The molecular formula is C33H26N8. The maximum atomic E-state index is 4.63. The van der Waals surface area contributed by atoms with E-state index in [1.165, 1.54) is 5.56 Å². The number of amidine groups is 1. The van der Waals surface area contributed by atoms with Crippen LogP contribution in [0, 0.1) is 0 Å². The second-order valence-electron chi connectivity index (χ2n) is 9.85. The second kappa shape index (κ2) is 10.9. The van der Waals surface area contributed by atoms with Crippen molar-refractivity contribution in [3.8, 4) is 0 Å². The lowest BCUT2D eigenvalue weighted by atomic mass is 10.1. The number of hydrogen-bond donors (Lipinski definition) is 3. The van der Waals surface area contributed by atoms with Crippen molar-refractivity contribution < 1.29 is 0 Å². The third-order valence-electron chi connectivity index (χ3n) is 6.76. The van der Waals surface area contributed by atoms with Gasteiger partial charge in [0.1, 0.15) is 6.34 Å². The largest absolute Gasteiger partial charge is 0.383 e. The van der Waals surface area contributed by atoms with Crippen LogP contribution in [0.4, 0.5) is 0 Å². The van der Waals surface area contributed by atoms with E-state index in [-0.39, 0.29) is 0 Å². The van der Waals surface area contributed by atoms with Crippen molar-refractivity contribution >= 4 is 64.3 Å². The van der Waals surface area contributed by atoms with E-state index in [1.807, 2.05) is 73.0 Å². The van der Waals surface area contributed by atoms with E-state index < -0.39 is 0 Å². The summed E-state index contributed by atoms with van der Waals surface area (Å²) in [6, 6.07) is 26.7. The zero-order chi connectivity index (χ0) is 27.4. The fourth-order valence-electron chi connectivity index (χ4n) is 4.75. The quantitative estimate of drug-likeness (QED) is 0.239. The summed E-state index contributed by atoms with van der Waals surface area (Å²) in [7, 11) is 0. The lowest BCUT2D eigenvalue weighted by molar-refractivity contribution is 0.791. The van der Waals surface area contributed by atoms with Crippen LogP contribution < -0.4 is 5.32 Å². The van der Waals surface area contributed by atoms with Crippen LogP contribution in [0.15, 0.2) is 106 Å². The van der Waals surface area contributed by atoms with Gasteiger partial charge in [-0.2, -0.15) is 0 Å². The summed E-state index contributed by atoms with van der Waals surface area (Å²) >= 11 is 0. The fraction of sp³-hybridized carbons (Fsp3) is 0.0606. The average Bonchev–Trinajstić information content (AvgIpc) is 3.83. The third-order valence-corrected chi connectivity index (χ3v) is 6.76. The van der Waals surface area contributed by atoms with Gasteiger partial charge in [-0.25, -0.2) is 24.9 Å². The van der Waals surface area contributed by atoms with Gasteiger partial charge in [-0.3, -0.25) is 0 Å². The van der Waals surface area contributed by atoms with E-state index in [4.69, 9.17) is 0 Å². The molecule has 41 heavy (non-hydrogen) atoms. The molecule has 7 heterocycles. The third kappa shape index (κ3) is 5.86. The summed E-state index contributed by atoms with van der Waals surface area (Å²) in [6.45, 7) is 0.811. The summed E-state index contributed by atoms with van der Waals surface area (Å²) in [4.78, 5) is 28.5. The number of aromatic nitrogens is 4. The molecule has 8 nitrogen and oxygen atoms in total. The molecule has 4 aromatic rings. The Kier molecular flexibility index (Phi) is 6.47. The molecule has 0 spiro atoms. The Morgan fingerprint density at radius 1 is 0.634 bits per heavy atom. The van der Waals surface area contributed by atoms with Crippen LogP contribution in [0.1, 0.15) is 34.8 Å². The molecule has 0 saturated heterocycles. The van der Waals surface area contributed by atoms with Crippen molar-refractivity contribution in [1.82, 2.24) is 25.3 Å². The van der Waals surface area contributed by atoms with Gasteiger partial charge in [-0.15, -0.1) is 0 Å². The maximum absolute atomic E-state index is 4.63. The first kappa shape index (κ1) is 24.4. The van der Waals surface area contributed by atoms with E-state index in [0.29, 0.717) is 0 Å². The Bertz CT molecular complexity index is 1790. The van der Waals surface area contributed by atoms with Crippen LogP contribution in [0.3, 0.4) is 0 Å². The van der Waals surface area contributed by atoms with Crippen molar-refractivity contribution in [3.05, 3.63) is 119 Å². The highest BCUT2D eigenvalue weighted by molar-refractivity contribution is 6.47. The minimum Gasteiger partial charge on any atom is -0.383 e. The van der Waals surface area contributed by atoms with Crippen LogP contribution >= 0.6 is 0 Å². The van der Waals surface area contributed by atoms with E-state index in [0.717, 1.165) is 75.1 Å². The molecule has 0 amide bonds. The monoisotopic (exact) mass is 534 g/mol. The molecule has 3 N–H and O–H groups in total. The minimum absolute atomic E-state index is 0.746. The molecule has 0 fully saturated rings. The first-order chi connectivity index (χ1) is 20.2. The summed E-state index contributed by atoms with van der Waals surface area (Å²) in [5.74, 6) is 0.746. The lowest BCUT2D eigenvalue weighted by Gasteiger charge is -2.13. The predicted octanol–water partition coefficient (Wildman–Crippen LogP) is 6.56. The van der Waals surface area contributed by atoms with Gasteiger partial charge >= 0.3 is 0 Å². The first-order valence-electron chi connectivity index (χ1n) is 13.4. The molecule has 198 valence electrons. The summed E-state index contributed by atoms with van der Waals surface area (Å²) in [6.07, 6.45) is 12.3. The van der Waals surface area contributed by atoms with Gasteiger partial charge in [-0.05, 0) is 78.4 Å². The number of aromatic amines is 2. The van der Waals surface area contributed by atoms with Gasteiger partial charge in [0.25, 0.3) is 0 Å². The van der Waals surface area contributed by atoms with Crippen LogP contribution in [-0.2, 0) is 6.54 Å². The van der Waals surface area contributed by atoms with Crippen LogP contribution in [-0.4, -0.2) is 37.8 Å². The molecule has 8 bridgehead atoms. The minimum atomic E-state index is 0.746. The SMILES string of the molecule is C1=Cc2cc3ccc(cc4nc(cc5ccc(cc1n2)[nH]5)C=C4)[nH]3.C1=NC2=NC=C(NCc3ccccc3)CC2=N1. The number of rotatable bonds is 3. The van der Waals surface area contributed by atoms with Crippen molar-refractivity contribution in [2.45, 2.75) is 13.0 Å². The molecule has 4 aliphatic rings. The number of allylic oxidation sites excluding steroid dienone is 1. The average molecular weight is 535 g/mol. The topological polar surface area (TPSA) is 106 Å². The molecule has 0 unspecified atom stereocenters. The number of H-pyrrole nitrogens is 2. The van der Waals surface area contributed by atoms with E-state index >= 15 is 0 Å². The molecule has 3 aromatic heterocycles. The summed E-state index contributed by atoms with van der Waals surface area (Å²) < 4.78 is 0. The maximum Gasteiger partial charge on any atom is 0.175 e. The second-order valence-corrected chi connectivity index (χ2v) is 9.85. The molecule has 8 rings (SSSR count). The molecule has 1 aromatic carbocycles. The smallest absolute Gasteiger partial charge is 0.175 e. The number of fused-ring (bicyclic) bond motifs is 9. The van der Waals surface area contributed by atoms with E-state index in [2.05, 4.69) is 76.6 Å². The Hall–Kier alpha value is -5.63. The molecule has 0 aliphatic carbocycles. The van der Waals surface area contributed by atoms with E-state index in [9.17, 15) is 0 Å². The first-order valence-corrected chi connectivity index (χ1v) is 13.4. The van der Waals surface area contributed by atoms with Gasteiger partial charge in [0.05, 0.1) is 28.5 Å². The highest BCUT2D eigenvalue weighted by Crippen LogP contribution is 2.17. The van der Waals surface area contributed by atoms with Gasteiger partial charge < -0.3 is 15.3 Å². The number of nitrogens with one attached hydrogen (secondary N) is 3. The van der Waals surface area contributed by atoms with E-state index in [1.54, 1.807) is 6.34 Å². The number of aliphatic imine (C=N–C) groups is 3. The standard InChI is InChI=1S/C20H14N4.C13H12N4/c1-2-14-10-16-5-6-18(23-16)12-20-8-7-19(24-20)11-17-4-3-15(22-17)9-13(1)21-14;1-2-4-10(5-3-1)7-14-11-6-12-13(15-8-11)17-9-16-12/h1-12,21,24H;1-5,8-9,14H,6-7H2. The highest BCUT2D eigenvalue weighted by Gasteiger charge is 2.17. The van der Waals surface area contributed by atoms with Crippen molar-refractivity contribution in [2.75, 3.05) is 0 Å². The van der Waals surface area contributed by atoms with Crippen LogP contribution in [0.25, 0.3) is 46.4 Å². The predicted molar refractivity (Wildman–Crippen MR) is 168 cm³/mol. The van der Waals surface area contributed by atoms with Crippen LogP contribution in [0.5, 0.6) is 0 Å². The number of benzene rings is 1. The van der Waals surface area contributed by atoms with Gasteiger partial charge in [0.15, 0.2) is 5.84 Å². The Balaban J connectivity index is 0.000000143. The summed E-state index contributed by atoms with van der Waals surface area (Å²) in [5.41, 5.74) is 11.1. The van der Waals surface area contributed by atoms with Gasteiger partial charge in [0, 0.05) is 46.9 Å². The fourth-order valence-corrected chi connectivity index (χ4v) is 4.75. The lowest BCUT2D eigenvalue weighted by Crippen LogP contribution is -2.21. The molecule has 0 atom stereocenters. The van der Waals surface area contributed by atoms with Crippen molar-refractivity contribution in [2.24, 2.45) is 15.0 Å². The molecule has 0 saturated carbocycles. The zero-order valence-corrected chi connectivity index (χ0v) is 22.1. The highest BCUT2D eigenvalue weighted by atomic mass is 15.1. The van der Waals surface area contributed by atoms with Crippen molar-refractivity contribution in [1.29, 1.82) is 0 Å². The Morgan fingerprint density at radius 2 is 1.17 bits per heavy atom. The molecular weight excluding hydrogens is 508 g/mol. The summed E-state index contributed by atoms with van der Waals surface area (Å²) in [5, 5.41) is 3.37. The normalized spacial score (nSPS) is 14.5. The van der Waals surface area contributed by atoms with Gasteiger partial charge in [-0.1, -0.05) is 30.3 Å². The Labute approximate surface area is 236 Å². The molecule has 8 heteroatoms. The molecule has 0 radical (unpaired) electrons. The van der Waals surface area contributed by atoms with Gasteiger partial charge in [0.2, 0.25) is 0 Å². The Morgan fingerprint density at radius 3 is 1.71 bits per heavy atom. The number of hydrogen-bond acceptors (Lipinski definition) is 6. The van der Waals surface area contributed by atoms with Crippen molar-refractivity contribution in [3.63, 3.8) is 0 Å². The van der Waals surface area contributed by atoms with Crippen LogP contribution in [0.2, 0.25) is 0 Å². The number of nitrogens with zero attached hydrogens (tertiary/aromatic N) is 5. The zero-order valence-electron chi connectivity index (χ0n) is 22.1. The molecule has 4 aliphatic heterocycles.